The number of benzene rings is 3. The van der Waals surface area contributed by atoms with Crippen LogP contribution in [0.3, 0.4) is 0 Å². The molecule has 0 aliphatic carbocycles. The zero-order valence-corrected chi connectivity index (χ0v) is 23.2. The number of ether oxygens (including phenoxy) is 2. The van der Waals surface area contributed by atoms with Crippen molar-refractivity contribution in [3.8, 4) is 5.75 Å². The van der Waals surface area contributed by atoms with E-state index in [0.717, 1.165) is 11.1 Å². The molecule has 2 atom stereocenters. The number of primary amides is 1. The molecule has 222 valence electrons. The molecule has 0 radical (unpaired) electrons. The minimum absolute atomic E-state index is 0.0147. The summed E-state index contributed by atoms with van der Waals surface area (Å²) in [5.41, 5.74) is 7.86. The largest absolute Gasteiger partial charge is 0.508 e. The summed E-state index contributed by atoms with van der Waals surface area (Å²) >= 11 is 0. The number of rotatable bonds is 15. The van der Waals surface area contributed by atoms with Crippen molar-refractivity contribution in [3.63, 3.8) is 0 Å². The molecule has 0 spiro atoms. The van der Waals surface area contributed by atoms with E-state index in [1.165, 1.54) is 12.1 Å². The average molecular weight is 577 g/mol. The molecule has 11 nitrogen and oxygen atoms in total. The van der Waals surface area contributed by atoms with Crippen molar-refractivity contribution in [1.82, 2.24) is 16.0 Å². The van der Waals surface area contributed by atoms with Crippen molar-refractivity contribution in [2.45, 2.75) is 51.0 Å². The molecular formula is C31H36N4O7. The maximum absolute atomic E-state index is 13.2. The quantitative estimate of drug-likeness (QED) is 0.173. The fraction of sp³-hybridized carbons (Fsp3) is 0.290. The number of nitrogens with one attached hydrogen (secondary N) is 3. The van der Waals surface area contributed by atoms with Crippen molar-refractivity contribution in [2.24, 2.45) is 5.73 Å². The first-order valence-electron chi connectivity index (χ1n) is 13.6. The number of hydrogen-bond donors (Lipinski definition) is 5. The zero-order valence-electron chi connectivity index (χ0n) is 23.2. The van der Waals surface area contributed by atoms with Crippen molar-refractivity contribution >= 4 is 24.0 Å². The van der Waals surface area contributed by atoms with Gasteiger partial charge in [0, 0.05) is 13.0 Å². The van der Waals surface area contributed by atoms with E-state index in [-0.39, 0.29) is 31.8 Å². The van der Waals surface area contributed by atoms with Gasteiger partial charge in [-0.05, 0) is 48.1 Å². The summed E-state index contributed by atoms with van der Waals surface area (Å²) in [7, 11) is 0. The Morgan fingerprint density at radius 3 is 1.83 bits per heavy atom. The first-order chi connectivity index (χ1) is 20.3. The van der Waals surface area contributed by atoms with Gasteiger partial charge in [-0.15, -0.1) is 0 Å². The normalized spacial score (nSPS) is 11.9. The summed E-state index contributed by atoms with van der Waals surface area (Å²) in [6.07, 6.45) is -0.100. The second kappa shape index (κ2) is 16.9. The summed E-state index contributed by atoms with van der Waals surface area (Å²) < 4.78 is 10.5. The Kier molecular flexibility index (Phi) is 12.7. The zero-order chi connectivity index (χ0) is 30.2. The van der Waals surface area contributed by atoms with Crippen molar-refractivity contribution < 1.29 is 33.8 Å². The Morgan fingerprint density at radius 2 is 1.26 bits per heavy atom. The van der Waals surface area contributed by atoms with Crippen LogP contribution in [0.4, 0.5) is 9.59 Å². The second-order valence-electron chi connectivity index (χ2n) is 9.58. The van der Waals surface area contributed by atoms with E-state index in [9.17, 15) is 24.3 Å². The Morgan fingerprint density at radius 1 is 0.690 bits per heavy atom. The molecule has 3 aromatic rings. The van der Waals surface area contributed by atoms with Crippen LogP contribution in [-0.2, 0) is 38.7 Å². The van der Waals surface area contributed by atoms with Gasteiger partial charge in [-0.25, -0.2) is 9.59 Å². The van der Waals surface area contributed by atoms with Gasteiger partial charge in [0.25, 0.3) is 0 Å². The maximum Gasteiger partial charge on any atom is 0.408 e. The van der Waals surface area contributed by atoms with Crippen molar-refractivity contribution in [3.05, 3.63) is 102 Å². The van der Waals surface area contributed by atoms with Gasteiger partial charge in [0.2, 0.25) is 11.8 Å². The van der Waals surface area contributed by atoms with E-state index in [4.69, 9.17) is 15.2 Å². The smallest absolute Gasteiger partial charge is 0.408 e. The fourth-order valence-corrected chi connectivity index (χ4v) is 3.98. The number of nitrogens with two attached hydrogens (primary N) is 1. The van der Waals surface area contributed by atoms with E-state index in [1.54, 1.807) is 24.3 Å². The number of amides is 4. The van der Waals surface area contributed by atoms with Gasteiger partial charge in [-0.1, -0.05) is 72.8 Å². The monoisotopic (exact) mass is 576 g/mol. The topological polar surface area (TPSA) is 169 Å². The fourth-order valence-electron chi connectivity index (χ4n) is 3.98. The Hall–Kier alpha value is -5.06. The molecule has 6 N–H and O–H groups in total. The minimum Gasteiger partial charge on any atom is -0.508 e. The molecule has 3 aromatic carbocycles. The van der Waals surface area contributed by atoms with Crippen LogP contribution < -0.4 is 21.7 Å². The summed E-state index contributed by atoms with van der Waals surface area (Å²) in [5, 5.41) is 17.3. The minimum atomic E-state index is -1.05. The standard InChI is InChI=1S/C31H36N4O7/c32-28(37)27(19-22-14-16-25(36)17-15-22)34-29(38)26(35-31(40)42-21-24-11-5-2-6-12-24)13-7-8-18-33-30(39)41-20-23-9-3-1-4-10-23/h1-6,9-12,14-17,26-27,36H,7-8,13,18-21H2,(H2,32,37)(H,33,39)(H,34,38)(H,35,40)/t26-,27-/m0/s1. The van der Waals surface area contributed by atoms with Gasteiger partial charge in [0.15, 0.2) is 0 Å². The number of carbonyl (C=O) groups excluding carboxylic acids is 4. The van der Waals surface area contributed by atoms with Crippen LogP contribution in [0.1, 0.15) is 36.0 Å². The predicted octanol–water partition coefficient (Wildman–Crippen LogP) is 3.30. The highest BCUT2D eigenvalue weighted by atomic mass is 16.6. The van der Waals surface area contributed by atoms with E-state index in [2.05, 4.69) is 16.0 Å². The lowest BCUT2D eigenvalue weighted by molar-refractivity contribution is -0.128. The van der Waals surface area contributed by atoms with Gasteiger partial charge < -0.3 is 36.3 Å². The number of alkyl carbamates (subject to hydrolysis) is 2. The molecule has 0 aliphatic rings. The van der Waals surface area contributed by atoms with Crippen molar-refractivity contribution in [2.75, 3.05) is 6.54 Å². The molecule has 11 heteroatoms. The number of phenolic OH excluding ortho intramolecular Hbond substituents is 1. The Bertz CT molecular complexity index is 1290. The first kappa shape index (κ1) is 31.5. The summed E-state index contributed by atoms with van der Waals surface area (Å²) in [5.74, 6) is -1.29. The van der Waals surface area contributed by atoms with Crippen LogP contribution in [0.5, 0.6) is 5.75 Å². The second-order valence-corrected chi connectivity index (χ2v) is 9.58. The number of carbonyl (C=O) groups is 4. The van der Waals surface area contributed by atoms with Crippen LogP contribution >= 0.6 is 0 Å². The predicted molar refractivity (Wildman–Crippen MR) is 155 cm³/mol. The highest BCUT2D eigenvalue weighted by molar-refractivity contribution is 5.90. The van der Waals surface area contributed by atoms with Crippen LogP contribution in [-0.4, -0.2) is 47.7 Å². The van der Waals surface area contributed by atoms with E-state index in [1.807, 2.05) is 48.5 Å². The van der Waals surface area contributed by atoms with Crippen LogP contribution in [0.15, 0.2) is 84.9 Å². The van der Waals surface area contributed by atoms with Gasteiger partial charge in [-0.3, -0.25) is 9.59 Å². The Balaban J connectivity index is 1.52. The third-order valence-electron chi connectivity index (χ3n) is 6.26. The number of phenols is 1. The van der Waals surface area contributed by atoms with E-state index < -0.39 is 36.1 Å². The summed E-state index contributed by atoms with van der Waals surface area (Å²) in [6.45, 7) is 0.459. The molecule has 0 heterocycles. The average Bonchev–Trinajstić information content (AvgIpc) is 3.00. The lowest BCUT2D eigenvalue weighted by Crippen LogP contribution is -2.53. The summed E-state index contributed by atoms with van der Waals surface area (Å²) in [6, 6.07) is 22.5. The van der Waals surface area contributed by atoms with Gasteiger partial charge in [0.05, 0.1) is 0 Å². The molecule has 0 aliphatic heterocycles. The van der Waals surface area contributed by atoms with Gasteiger partial charge in [-0.2, -0.15) is 0 Å². The summed E-state index contributed by atoms with van der Waals surface area (Å²) in [4.78, 5) is 49.8. The maximum atomic E-state index is 13.2. The van der Waals surface area contributed by atoms with Crippen molar-refractivity contribution in [1.29, 1.82) is 0 Å². The number of hydrogen-bond acceptors (Lipinski definition) is 7. The molecule has 0 saturated carbocycles. The third-order valence-corrected chi connectivity index (χ3v) is 6.26. The lowest BCUT2D eigenvalue weighted by atomic mass is 10.0. The van der Waals surface area contributed by atoms with Crippen LogP contribution in [0.2, 0.25) is 0 Å². The molecule has 3 rings (SSSR count). The molecular weight excluding hydrogens is 540 g/mol. The third kappa shape index (κ3) is 11.6. The SMILES string of the molecule is NC(=O)[C@H](Cc1ccc(O)cc1)NC(=O)[C@H](CCCCNC(=O)OCc1ccccc1)NC(=O)OCc1ccccc1. The number of unbranched alkanes of at least 4 members (excludes halogenated alkanes) is 1. The highest BCUT2D eigenvalue weighted by Crippen LogP contribution is 2.12. The van der Waals surface area contributed by atoms with Gasteiger partial charge >= 0.3 is 12.2 Å². The highest BCUT2D eigenvalue weighted by Gasteiger charge is 2.26. The lowest BCUT2D eigenvalue weighted by Gasteiger charge is -2.22. The molecule has 0 aromatic heterocycles. The first-order valence-corrected chi connectivity index (χ1v) is 13.6. The molecule has 4 amide bonds. The Labute approximate surface area is 244 Å². The molecule has 0 saturated heterocycles. The molecule has 0 unspecified atom stereocenters. The van der Waals surface area contributed by atoms with E-state index >= 15 is 0 Å². The van der Waals surface area contributed by atoms with Gasteiger partial charge in [0.1, 0.15) is 31.0 Å². The van der Waals surface area contributed by atoms with Crippen LogP contribution in [0.25, 0.3) is 0 Å². The van der Waals surface area contributed by atoms with Crippen LogP contribution in [0, 0.1) is 0 Å². The molecule has 0 bridgehead atoms. The molecule has 0 fully saturated rings. The molecule has 42 heavy (non-hydrogen) atoms. The number of aromatic hydroxyl groups is 1. The van der Waals surface area contributed by atoms with E-state index in [0.29, 0.717) is 24.9 Å².